The van der Waals surface area contributed by atoms with E-state index in [1.807, 2.05) is 19.2 Å². The smallest absolute Gasteiger partial charge is 0.328 e. The largest absolute Gasteiger partial charge is 0.464 e. The molecular formula is C12H17NO3S. The molecule has 5 heteroatoms. The summed E-state index contributed by atoms with van der Waals surface area (Å²) in [6, 6.07) is 2.89. The predicted octanol–water partition coefficient (Wildman–Crippen LogP) is 2.07. The Balaban J connectivity index is 2.41. The molecule has 4 nitrogen and oxygen atoms in total. The zero-order valence-corrected chi connectivity index (χ0v) is 11.0. The number of nitrogens with one attached hydrogen (secondary N) is 1. The summed E-state index contributed by atoms with van der Waals surface area (Å²) in [6.45, 7) is 5.91. The second kappa shape index (κ2) is 6.39. The van der Waals surface area contributed by atoms with Crippen LogP contribution in [-0.4, -0.2) is 24.5 Å². The van der Waals surface area contributed by atoms with Gasteiger partial charge in [0.2, 0.25) is 0 Å². The van der Waals surface area contributed by atoms with Crippen LogP contribution in [0.2, 0.25) is 0 Å². The number of carbonyl (C=O) groups excluding carboxylic acids is 2. The number of carbonyl (C=O) groups is 2. The van der Waals surface area contributed by atoms with Gasteiger partial charge in [-0.05, 0) is 24.3 Å². The van der Waals surface area contributed by atoms with Crippen molar-refractivity contribution in [1.29, 1.82) is 0 Å². The Labute approximate surface area is 105 Å². The van der Waals surface area contributed by atoms with Gasteiger partial charge < -0.3 is 10.1 Å². The number of hydrogen-bond acceptors (Lipinski definition) is 4. The third-order valence-corrected chi connectivity index (χ3v) is 2.87. The van der Waals surface area contributed by atoms with Crippen LogP contribution in [0.15, 0.2) is 17.5 Å². The maximum absolute atomic E-state index is 11.7. The van der Waals surface area contributed by atoms with Crippen LogP contribution in [0.1, 0.15) is 30.4 Å². The third kappa shape index (κ3) is 4.56. The van der Waals surface area contributed by atoms with Crippen LogP contribution < -0.4 is 5.32 Å². The van der Waals surface area contributed by atoms with Crippen LogP contribution in [0.25, 0.3) is 0 Å². The van der Waals surface area contributed by atoms with Crippen molar-refractivity contribution in [3.63, 3.8) is 0 Å². The molecular weight excluding hydrogens is 238 g/mol. The van der Waals surface area contributed by atoms with Gasteiger partial charge in [-0.15, -0.1) is 11.3 Å². The molecule has 0 aromatic carbocycles. The van der Waals surface area contributed by atoms with E-state index in [4.69, 9.17) is 4.74 Å². The number of hydrogen-bond donors (Lipinski definition) is 1. The van der Waals surface area contributed by atoms with Crippen LogP contribution in [0.4, 0.5) is 0 Å². The Morgan fingerprint density at radius 2 is 2.12 bits per heavy atom. The highest BCUT2D eigenvalue weighted by atomic mass is 32.1. The van der Waals surface area contributed by atoms with Crippen LogP contribution in [0.3, 0.4) is 0 Å². The SMILES string of the molecule is CC(C)COC(=O)[C@H](C)NC(=O)c1cccs1. The first-order valence-electron chi connectivity index (χ1n) is 5.51. The Hall–Kier alpha value is -1.36. The first-order chi connectivity index (χ1) is 8.00. The molecule has 1 aromatic heterocycles. The van der Waals surface area contributed by atoms with E-state index in [2.05, 4.69) is 5.32 Å². The molecule has 1 heterocycles. The molecule has 0 bridgehead atoms. The van der Waals surface area contributed by atoms with E-state index in [1.165, 1.54) is 11.3 Å². The molecule has 0 saturated heterocycles. The summed E-state index contributed by atoms with van der Waals surface area (Å²) >= 11 is 1.34. The molecule has 1 atom stereocenters. The van der Waals surface area contributed by atoms with Crippen LogP contribution in [-0.2, 0) is 9.53 Å². The minimum absolute atomic E-state index is 0.242. The first-order valence-corrected chi connectivity index (χ1v) is 6.39. The van der Waals surface area contributed by atoms with Gasteiger partial charge in [-0.1, -0.05) is 19.9 Å². The quantitative estimate of drug-likeness (QED) is 0.819. The monoisotopic (exact) mass is 255 g/mol. The standard InChI is InChI=1S/C12H17NO3S/c1-8(2)7-16-12(15)9(3)13-11(14)10-5-4-6-17-10/h4-6,8-9H,7H2,1-3H3,(H,13,14)/t9-/m0/s1. The third-order valence-electron chi connectivity index (χ3n) is 2.01. The summed E-state index contributed by atoms with van der Waals surface area (Å²) in [6.07, 6.45) is 0. The maximum atomic E-state index is 11.7. The van der Waals surface area contributed by atoms with Crippen LogP contribution >= 0.6 is 11.3 Å². The Morgan fingerprint density at radius 1 is 1.41 bits per heavy atom. The molecule has 94 valence electrons. The van der Waals surface area contributed by atoms with Gasteiger partial charge in [-0.25, -0.2) is 4.79 Å². The lowest BCUT2D eigenvalue weighted by Crippen LogP contribution is -2.39. The van der Waals surface area contributed by atoms with Crippen molar-refractivity contribution in [2.24, 2.45) is 5.92 Å². The number of rotatable bonds is 5. The van der Waals surface area contributed by atoms with Crippen LogP contribution in [0, 0.1) is 5.92 Å². The number of ether oxygens (including phenoxy) is 1. The molecule has 0 aliphatic rings. The maximum Gasteiger partial charge on any atom is 0.328 e. The topological polar surface area (TPSA) is 55.4 Å². The van der Waals surface area contributed by atoms with Crippen molar-refractivity contribution in [2.45, 2.75) is 26.8 Å². The Kier molecular flexibility index (Phi) is 5.15. The normalized spacial score (nSPS) is 12.2. The van der Waals surface area contributed by atoms with Crippen molar-refractivity contribution in [1.82, 2.24) is 5.32 Å². The second-order valence-corrected chi connectivity index (χ2v) is 5.14. The summed E-state index contributed by atoms with van der Waals surface area (Å²) in [5.74, 6) is -0.350. The van der Waals surface area contributed by atoms with E-state index in [-0.39, 0.29) is 5.91 Å². The molecule has 1 amide bonds. The van der Waals surface area contributed by atoms with Gasteiger partial charge >= 0.3 is 5.97 Å². The molecule has 0 saturated carbocycles. The summed E-state index contributed by atoms with van der Waals surface area (Å²) in [5, 5.41) is 4.42. The fraction of sp³-hybridized carbons (Fsp3) is 0.500. The molecule has 0 aliphatic heterocycles. The fourth-order valence-corrected chi connectivity index (χ4v) is 1.74. The van der Waals surface area contributed by atoms with E-state index in [9.17, 15) is 9.59 Å². The van der Waals surface area contributed by atoms with Crippen molar-refractivity contribution in [2.75, 3.05) is 6.61 Å². The molecule has 0 unspecified atom stereocenters. The lowest BCUT2D eigenvalue weighted by molar-refractivity contribution is -0.146. The summed E-state index contributed by atoms with van der Waals surface area (Å²) in [7, 11) is 0. The van der Waals surface area contributed by atoms with E-state index in [1.54, 1.807) is 19.1 Å². The Bertz CT molecular complexity index is 373. The zero-order valence-electron chi connectivity index (χ0n) is 10.2. The van der Waals surface area contributed by atoms with Gasteiger partial charge in [0.05, 0.1) is 11.5 Å². The second-order valence-electron chi connectivity index (χ2n) is 4.20. The molecule has 1 N–H and O–H groups in total. The number of esters is 1. The van der Waals surface area contributed by atoms with Crippen molar-refractivity contribution >= 4 is 23.2 Å². The Morgan fingerprint density at radius 3 is 2.65 bits per heavy atom. The number of thiophene rings is 1. The highest BCUT2D eigenvalue weighted by Crippen LogP contribution is 2.08. The lowest BCUT2D eigenvalue weighted by Gasteiger charge is -2.13. The van der Waals surface area contributed by atoms with Crippen LogP contribution in [0.5, 0.6) is 0 Å². The molecule has 1 aromatic rings. The fourth-order valence-electron chi connectivity index (χ4n) is 1.11. The van der Waals surface area contributed by atoms with E-state index in [0.717, 1.165) is 0 Å². The first kappa shape index (κ1) is 13.7. The average molecular weight is 255 g/mol. The molecule has 1 rings (SSSR count). The van der Waals surface area contributed by atoms with E-state index >= 15 is 0 Å². The van der Waals surface area contributed by atoms with Crippen molar-refractivity contribution in [3.05, 3.63) is 22.4 Å². The molecule has 0 radical (unpaired) electrons. The van der Waals surface area contributed by atoms with Gasteiger partial charge in [0.25, 0.3) is 5.91 Å². The molecule has 0 aliphatic carbocycles. The summed E-state index contributed by atoms with van der Waals surface area (Å²) in [5.41, 5.74) is 0. The van der Waals surface area contributed by atoms with E-state index < -0.39 is 12.0 Å². The summed E-state index contributed by atoms with van der Waals surface area (Å²) < 4.78 is 5.03. The summed E-state index contributed by atoms with van der Waals surface area (Å²) in [4.78, 5) is 23.8. The molecule has 17 heavy (non-hydrogen) atoms. The minimum atomic E-state index is -0.622. The van der Waals surface area contributed by atoms with Gasteiger partial charge in [0.1, 0.15) is 6.04 Å². The van der Waals surface area contributed by atoms with Gasteiger partial charge in [-0.3, -0.25) is 4.79 Å². The number of amides is 1. The highest BCUT2D eigenvalue weighted by Gasteiger charge is 2.18. The van der Waals surface area contributed by atoms with Crippen molar-refractivity contribution in [3.8, 4) is 0 Å². The van der Waals surface area contributed by atoms with E-state index in [0.29, 0.717) is 17.4 Å². The average Bonchev–Trinajstić information content (AvgIpc) is 2.78. The highest BCUT2D eigenvalue weighted by molar-refractivity contribution is 7.12. The lowest BCUT2D eigenvalue weighted by atomic mass is 10.2. The van der Waals surface area contributed by atoms with Gasteiger partial charge in [0.15, 0.2) is 0 Å². The predicted molar refractivity (Wildman–Crippen MR) is 67.0 cm³/mol. The van der Waals surface area contributed by atoms with Gasteiger partial charge in [0, 0.05) is 0 Å². The minimum Gasteiger partial charge on any atom is -0.464 e. The molecule has 0 fully saturated rings. The zero-order chi connectivity index (χ0) is 12.8. The van der Waals surface area contributed by atoms with Gasteiger partial charge in [-0.2, -0.15) is 0 Å². The van der Waals surface area contributed by atoms with Crippen molar-refractivity contribution < 1.29 is 14.3 Å². The molecule has 0 spiro atoms.